The number of benzene rings is 1. The third-order valence-corrected chi connectivity index (χ3v) is 6.45. The van der Waals surface area contributed by atoms with Gasteiger partial charge in [0.2, 0.25) is 5.95 Å². The first-order chi connectivity index (χ1) is 13.1. The largest absolute Gasteiger partial charge is 0.342 e. The lowest BCUT2D eigenvalue weighted by Gasteiger charge is -2.33. The van der Waals surface area contributed by atoms with Crippen LogP contribution in [0, 0.1) is 18.8 Å². The highest BCUT2D eigenvalue weighted by molar-refractivity contribution is 6.31. The van der Waals surface area contributed by atoms with Crippen LogP contribution in [0.4, 0.5) is 4.39 Å². The van der Waals surface area contributed by atoms with E-state index in [0.717, 1.165) is 59.5 Å². The Labute approximate surface area is 164 Å². The molecule has 2 heterocycles. The van der Waals surface area contributed by atoms with Gasteiger partial charge in [-0.25, -0.2) is 9.97 Å². The van der Waals surface area contributed by atoms with E-state index in [1.165, 1.54) is 0 Å². The number of hydrogen-bond acceptors (Lipinski definition) is 2. The van der Waals surface area contributed by atoms with Crippen LogP contribution in [0.3, 0.4) is 0 Å². The summed E-state index contributed by atoms with van der Waals surface area (Å²) in [6.07, 6.45) is 7.13. The van der Waals surface area contributed by atoms with Gasteiger partial charge in [0.15, 0.2) is 0 Å². The molecule has 0 amide bonds. The van der Waals surface area contributed by atoms with Gasteiger partial charge in [-0.1, -0.05) is 18.5 Å². The fourth-order valence-corrected chi connectivity index (χ4v) is 4.90. The molecule has 0 aliphatic heterocycles. The molecular weight excluding hydrogens is 361 g/mol. The Morgan fingerprint density at radius 3 is 2.74 bits per heavy atom. The molecule has 4 rings (SSSR count). The molecule has 1 fully saturated rings. The molecule has 3 nitrogen and oxygen atoms in total. The number of fused-ring (bicyclic) bond motifs is 1. The highest BCUT2D eigenvalue weighted by Crippen LogP contribution is 2.43. The Morgan fingerprint density at radius 1 is 1.22 bits per heavy atom. The molecule has 1 saturated carbocycles. The number of nitrogens with zero attached hydrogens (tertiary/aromatic N) is 2. The van der Waals surface area contributed by atoms with Gasteiger partial charge in [-0.2, -0.15) is 4.39 Å². The minimum Gasteiger partial charge on any atom is -0.342 e. The normalized spacial score (nSPS) is 21.5. The fourth-order valence-electron chi connectivity index (χ4n) is 4.73. The highest BCUT2D eigenvalue weighted by Gasteiger charge is 2.30. The number of H-pyrrole nitrogens is 1. The third kappa shape index (κ3) is 3.60. The third-order valence-electron chi connectivity index (χ3n) is 6.22. The fraction of sp³-hybridized carbons (Fsp3) is 0.455. The monoisotopic (exact) mass is 385 g/mol. The number of halogens is 2. The van der Waals surface area contributed by atoms with Gasteiger partial charge in [0.05, 0.1) is 11.0 Å². The van der Waals surface area contributed by atoms with Crippen molar-refractivity contribution in [1.29, 1.82) is 0 Å². The zero-order valence-corrected chi connectivity index (χ0v) is 16.6. The molecular formula is C22H25ClFN3. The lowest BCUT2D eigenvalue weighted by Crippen LogP contribution is -2.21. The maximum absolute atomic E-state index is 13.8. The van der Waals surface area contributed by atoms with Crippen molar-refractivity contribution < 1.29 is 4.39 Å². The molecule has 142 valence electrons. The van der Waals surface area contributed by atoms with Crippen molar-refractivity contribution in [2.45, 2.75) is 57.8 Å². The zero-order chi connectivity index (χ0) is 19.0. The second-order valence-corrected chi connectivity index (χ2v) is 8.16. The van der Waals surface area contributed by atoms with Gasteiger partial charge in [0.1, 0.15) is 5.82 Å². The van der Waals surface area contributed by atoms with E-state index in [1.54, 1.807) is 6.20 Å². The maximum Gasteiger partial charge on any atom is 0.216 e. The Bertz CT molecular complexity index is 944. The maximum atomic E-state index is 13.8. The molecule has 1 N–H and O–H groups in total. The van der Waals surface area contributed by atoms with Gasteiger partial charge in [0.25, 0.3) is 0 Å². The van der Waals surface area contributed by atoms with Crippen molar-refractivity contribution in [2.24, 2.45) is 5.92 Å². The van der Waals surface area contributed by atoms with Crippen LogP contribution >= 0.6 is 11.6 Å². The molecule has 1 aliphatic carbocycles. The lowest BCUT2D eigenvalue weighted by molar-refractivity contribution is 0.270. The minimum absolute atomic E-state index is 0.331. The Kier molecular flexibility index (Phi) is 5.18. The summed E-state index contributed by atoms with van der Waals surface area (Å²) < 4.78 is 13.8. The predicted molar refractivity (Wildman–Crippen MR) is 108 cm³/mol. The van der Waals surface area contributed by atoms with Crippen LogP contribution in [0.15, 0.2) is 30.5 Å². The van der Waals surface area contributed by atoms with Crippen LogP contribution < -0.4 is 0 Å². The lowest BCUT2D eigenvalue weighted by atomic mass is 9.72. The van der Waals surface area contributed by atoms with Gasteiger partial charge in [-0.3, -0.25) is 0 Å². The first kappa shape index (κ1) is 18.4. The summed E-state index contributed by atoms with van der Waals surface area (Å²) in [6.45, 7) is 4.08. The summed E-state index contributed by atoms with van der Waals surface area (Å²) in [7, 11) is 0. The van der Waals surface area contributed by atoms with Gasteiger partial charge in [0, 0.05) is 22.7 Å². The van der Waals surface area contributed by atoms with Crippen molar-refractivity contribution in [1.82, 2.24) is 15.0 Å². The first-order valence-electron chi connectivity index (χ1n) is 9.83. The van der Waals surface area contributed by atoms with E-state index < -0.39 is 0 Å². The Morgan fingerprint density at radius 2 is 2.00 bits per heavy atom. The van der Waals surface area contributed by atoms with E-state index in [-0.39, 0.29) is 5.95 Å². The topological polar surface area (TPSA) is 41.6 Å². The van der Waals surface area contributed by atoms with Gasteiger partial charge in [-0.15, -0.1) is 0 Å². The van der Waals surface area contributed by atoms with E-state index in [4.69, 9.17) is 16.6 Å². The van der Waals surface area contributed by atoms with E-state index in [2.05, 4.69) is 16.9 Å². The molecule has 3 aromatic rings. The number of pyridine rings is 1. The Balaban J connectivity index is 1.50. The van der Waals surface area contributed by atoms with Crippen LogP contribution in [0.2, 0.25) is 5.02 Å². The van der Waals surface area contributed by atoms with Crippen molar-refractivity contribution in [2.75, 3.05) is 0 Å². The molecule has 1 aromatic carbocycles. The SMILES string of the molecule is CCC(c1nc2ccc(Cl)cc2[nH]1)C1CCC(c2ccnc(F)c2C)CC1. The number of hydrogen-bond donors (Lipinski definition) is 1. The van der Waals surface area contributed by atoms with E-state index in [0.29, 0.717) is 23.3 Å². The second-order valence-electron chi connectivity index (χ2n) is 7.73. The molecule has 0 radical (unpaired) electrons. The molecule has 1 unspecified atom stereocenters. The van der Waals surface area contributed by atoms with E-state index in [1.807, 2.05) is 31.2 Å². The molecule has 5 heteroatoms. The summed E-state index contributed by atoms with van der Waals surface area (Å²) in [5.74, 6) is 2.21. The molecule has 0 spiro atoms. The molecule has 0 bridgehead atoms. The Hall–Kier alpha value is -1.94. The molecule has 0 saturated heterocycles. The summed E-state index contributed by atoms with van der Waals surface area (Å²) in [5.41, 5.74) is 3.83. The van der Waals surface area contributed by atoms with Crippen molar-refractivity contribution >= 4 is 22.6 Å². The van der Waals surface area contributed by atoms with Crippen LogP contribution in [0.5, 0.6) is 0 Å². The van der Waals surface area contributed by atoms with Gasteiger partial charge < -0.3 is 4.98 Å². The quantitative estimate of drug-likeness (QED) is 0.519. The van der Waals surface area contributed by atoms with Crippen molar-refractivity contribution in [3.05, 3.63) is 58.4 Å². The zero-order valence-electron chi connectivity index (χ0n) is 15.8. The summed E-state index contributed by atoms with van der Waals surface area (Å²) in [6, 6.07) is 7.79. The molecule has 1 atom stereocenters. The number of rotatable bonds is 4. The van der Waals surface area contributed by atoms with Crippen LogP contribution in [0.1, 0.15) is 67.8 Å². The van der Waals surface area contributed by atoms with E-state index >= 15 is 0 Å². The second kappa shape index (κ2) is 7.59. The summed E-state index contributed by atoms with van der Waals surface area (Å²) >= 11 is 6.11. The van der Waals surface area contributed by atoms with Crippen molar-refractivity contribution in [3.63, 3.8) is 0 Å². The standard InChI is InChI=1S/C22H25ClFN3/c1-3-17(22-26-19-9-8-16(23)12-20(19)27-22)14-4-6-15(7-5-14)18-10-11-25-21(24)13(18)2/h8-12,14-15,17H,3-7H2,1-2H3,(H,26,27). The molecule has 27 heavy (non-hydrogen) atoms. The van der Waals surface area contributed by atoms with Crippen LogP contribution in [0.25, 0.3) is 11.0 Å². The van der Waals surface area contributed by atoms with Crippen molar-refractivity contribution in [3.8, 4) is 0 Å². The summed E-state index contributed by atoms with van der Waals surface area (Å²) in [4.78, 5) is 12.1. The average molecular weight is 386 g/mol. The summed E-state index contributed by atoms with van der Waals surface area (Å²) in [5, 5.41) is 0.728. The van der Waals surface area contributed by atoms with E-state index in [9.17, 15) is 4.39 Å². The smallest absolute Gasteiger partial charge is 0.216 e. The van der Waals surface area contributed by atoms with Crippen LogP contribution in [-0.2, 0) is 0 Å². The van der Waals surface area contributed by atoms with Crippen LogP contribution in [-0.4, -0.2) is 15.0 Å². The first-order valence-corrected chi connectivity index (χ1v) is 10.2. The predicted octanol–water partition coefficient (Wildman–Crippen LogP) is 6.53. The highest BCUT2D eigenvalue weighted by atomic mass is 35.5. The molecule has 2 aromatic heterocycles. The number of nitrogens with one attached hydrogen (secondary N) is 1. The van der Waals surface area contributed by atoms with Gasteiger partial charge in [-0.05, 0) is 80.7 Å². The number of aromatic nitrogens is 3. The average Bonchev–Trinajstić information content (AvgIpc) is 3.08. The number of imidazole rings is 1. The minimum atomic E-state index is -0.331. The number of aromatic amines is 1. The van der Waals surface area contributed by atoms with Gasteiger partial charge >= 0.3 is 0 Å². The molecule has 1 aliphatic rings.